The van der Waals surface area contributed by atoms with Crippen molar-refractivity contribution in [2.75, 3.05) is 13.1 Å². The standard InChI is InChI=1S/C21H22N2O3/c1-3-23(4-2)21(25)20(24)16-13-22-17-11-8-12-18(19(16)17)26-14-15-9-6-5-7-10-15/h5-13,22H,3-4,14H2,1-2H3. The lowest BCUT2D eigenvalue weighted by molar-refractivity contribution is -0.126. The molecule has 0 bridgehead atoms. The summed E-state index contributed by atoms with van der Waals surface area (Å²) in [5.41, 5.74) is 2.15. The van der Waals surface area contributed by atoms with E-state index in [1.165, 1.54) is 4.90 Å². The predicted molar refractivity (Wildman–Crippen MR) is 101 cm³/mol. The summed E-state index contributed by atoms with van der Waals surface area (Å²) in [5, 5.41) is 0.647. The van der Waals surface area contributed by atoms with Gasteiger partial charge in [-0.05, 0) is 31.5 Å². The fourth-order valence-corrected chi connectivity index (χ4v) is 2.96. The maximum absolute atomic E-state index is 12.7. The summed E-state index contributed by atoms with van der Waals surface area (Å²) in [6, 6.07) is 15.4. The van der Waals surface area contributed by atoms with Crippen molar-refractivity contribution in [3.05, 3.63) is 65.9 Å². The second-order valence-electron chi connectivity index (χ2n) is 5.96. The van der Waals surface area contributed by atoms with Gasteiger partial charge in [0, 0.05) is 24.8 Å². The third kappa shape index (κ3) is 3.47. The van der Waals surface area contributed by atoms with Gasteiger partial charge in [-0.1, -0.05) is 36.4 Å². The van der Waals surface area contributed by atoms with E-state index in [0.717, 1.165) is 11.1 Å². The van der Waals surface area contributed by atoms with Gasteiger partial charge in [0.15, 0.2) is 0 Å². The fourth-order valence-electron chi connectivity index (χ4n) is 2.96. The number of likely N-dealkylation sites (N-methyl/N-ethyl adjacent to an activating group) is 1. The van der Waals surface area contributed by atoms with Crippen molar-refractivity contribution >= 4 is 22.6 Å². The van der Waals surface area contributed by atoms with Crippen LogP contribution in [0, 0.1) is 0 Å². The minimum absolute atomic E-state index is 0.348. The number of rotatable bonds is 7. The number of benzene rings is 2. The van der Waals surface area contributed by atoms with Crippen LogP contribution in [0.1, 0.15) is 29.8 Å². The lowest BCUT2D eigenvalue weighted by Crippen LogP contribution is -2.36. The van der Waals surface area contributed by atoms with Gasteiger partial charge in [-0.25, -0.2) is 0 Å². The topological polar surface area (TPSA) is 62.4 Å². The number of Topliss-reactive ketones (excluding diaryl/α,β-unsaturated/α-hetero) is 1. The fraction of sp³-hybridized carbons (Fsp3) is 0.238. The molecule has 1 amide bonds. The lowest BCUT2D eigenvalue weighted by atomic mass is 10.1. The molecule has 5 nitrogen and oxygen atoms in total. The average Bonchev–Trinajstić information content (AvgIpc) is 3.12. The van der Waals surface area contributed by atoms with Crippen molar-refractivity contribution in [2.45, 2.75) is 20.5 Å². The van der Waals surface area contributed by atoms with Crippen LogP contribution >= 0.6 is 0 Å². The lowest BCUT2D eigenvalue weighted by Gasteiger charge is -2.17. The molecular weight excluding hydrogens is 328 g/mol. The SMILES string of the molecule is CCN(CC)C(=O)C(=O)c1c[nH]c2cccc(OCc3ccccc3)c12. The highest BCUT2D eigenvalue weighted by Gasteiger charge is 2.25. The summed E-state index contributed by atoms with van der Waals surface area (Å²) in [4.78, 5) is 29.8. The van der Waals surface area contributed by atoms with E-state index in [1.54, 1.807) is 6.20 Å². The number of ether oxygens (including phenoxy) is 1. The number of aromatic nitrogens is 1. The van der Waals surface area contributed by atoms with Gasteiger partial charge in [-0.3, -0.25) is 9.59 Å². The number of fused-ring (bicyclic) bond motifs is 1. The molecule has 2 aromatic carbocycles. The van der Waals surface area contributed by atoms with Crippen molar-refractivity contribution < 1.29 is 14.3 Å². The molecule has 0 aliphatic carbocycles. The van der Waals surface area contributed by atoms with Gasteiger partial charge < -0.3 is 14.6 Å². The summed E-state index contributed by atoms with van der Waals surface area (Å²) in [5.74, 6) is -0.423. The normalized spacial score (nSPS) is 10.7. The third-order valence-electron chi connectivity index (χ3n) is 4.39. The van der Waals surface area contributed by atoms with E-state index in [0.29, 0.717) is 36.4 Å². The Labute approximate surface area is 152 Å². The molecule has 0 atom stereocenters. The summed E-state index contributed by atoms with van der Waals surface area (Å²) in [7, 11) is 0. The van der Waals surface area contributed by atoms with E-state index in [-0.39, 0.29) is 0 Å². The van der Waals surface area contributed by atoms with Gasteiger partial charge in [0.1, 0.15) is 12.4 Å². The van der Waals surface area contributed by atoms with Crippen LogP contribution < -0.4 is 4.74 Å². The Morgan fingerprint density at radius 3 is 2.42 bits per heavy atom. The zero-order valence-electron chi connectivity index (χ0n) is 15.0. The molecule has 0 fully saturated rings. The first kappa shape index (κ1) is 17.7. The van der Waals surface area contributed by atoms with Crippen LogP contribution in [0.5, 0.6) is 5.75 Å². The number of nitrogens with zero attached hydrogens (tertiary/aromatic N) is 1. The molecule has 0 spiro atoms. The van der Waals surface area contributed by atoms with Gasteiger partial charge in [0.2, 0.25) is 0 Å². The maximum Gasteiger partial charge on any atom is 0.295 e. The summed E-state index contributed by atoms with van der Waals surface area (Å²) < 4.78 is 5.95. The van der Waals surface area contributed by atoms with E-state index < -0.39 is 11.7 Å². The molecule has 3 aromatic rings. The molecule has 5 heteroatoms. The number of hydrogen-bond donors (Lipinski definition) is 1. The highest BCUT2D eigenvalue weighted by Crippen LogP contribution is 2.30. The predicted octanol–water partition coefficient (Wildman–Crippen LogP) is 3.80. The third-order valence-corrected chi connectivity index (χ3v) is 4.39. The van der Waals surface area contributed by atoms with Crippen molar-refractivity contribution in [3.8, 4) is 5.75 Å². The van der Waals surface area contributed by atoms with E-state index in [2.05, 4.69) is 4.98 Å². The number of nitrogens with one attached hydrogen (secondary N) is 1. The number of carbonyl (C=O) groups excluding carboxylic acids is 2. The van der Waals surface area contributed by atoms with Crippen molar-refractivity contribution in [2.24, 2.45) is 0 Å². The molecule has 0 radical (unpaired) electrons. The monoisotopic (exact) mass is 350 g/mol. The molecule has 1 N–H and O–H groups in total. The van der Waals surface area contributed by atoms with Crippen molar-refractivity contribution in [1.82, 2.24) is 9.88 Å². The van der Waals surface area contributed by atoms with E-state index >= 15 is 0 Å². The molecular formula is C21H22N2O3. The van der Waals surface area contributed by atoms with Gasteiger partial charge in [-0.15, -0.1) is 0 Å². The molecule has 3 rings (SSSR count). The summed E-state index contributed by atoms with van der Waals surface area (Å²) >= 11 is 0. The Morgan fingerprint density at radius 2 is 1.73 bits per heavy atom. The number of H-pyrrole nitrogens is 1. The van der Waals surface area contributed by atoms with Crippen LogP contribution in [-0.2, 0) is 11.4 Å². The Balaban J connectivity index is 1.92. The number of carbonyl (C=O) groups is 2. The number of aromatic amines is 1. The Kier molecular flexibility index (Phi) is 5.37. The summed E-state index contributed by atoms with van der Waals surface area (Å²) in [6.45, 7) is 5.11. The zero-order valence-corrected chi connectivity index (χ0v) is 15.0. The van der Waals surface area contributed by atoms with Crippen LogP contribution in [0.4, 0.5) is 0 Å². The highest BCUT2D eigenvalue weighted by atomic mass is 16.5. The van der Waals surface area contributed by atoms with Crippen molar-refractivity contribution in [1.29, 1.82) is 0 Å². The van der Waals surface area contributed by atoms with Crippen LogP contribution in [0.2, 0.25) is 0 Å². The molecule has 134 valence electrons. The van der Waals surface area contributed by atoms with Gasteiger partial charge >= 0.3 is 0 Å². The molecule has 0 saturated heterocycles. The molecule has 0 saturated carbocycles. The van der Waals surface area contributed by atoms with E-state index in [9.17, 15) is 9.59 Å². The van der Waals surface area contributed by atoms with E-state index in [1.807, 2.05) is 62.4 Å². The first-order chi connectivity index (χ1) is 12.7. The number of ketones is 1. The molecule has 0 aliphatic heterocycles. The largest absolute Gasteiger partial charge is 0.488 e. The smallest absolute Gasteiger partial charge is 0.295 e. The minimum atomic E-state index is -0.518. The number of hydrogen-bond acceptors (Lipinski definition) is 3. The Bertz CT molecular complexity index is 911. The highest BCUT2D eigenvalue weighted by molar-refractivity contribution is 6.45. The van der Waals surface area contributed by atoms with Crippen LogP contribution in [0.3, 0.4) is 0 Å². The van der Waals surface area contributed by atoms with Crippen LogP contribution in [0.15, 0.2) is 54.7 Å². The molecule has 26 heavy (non-hydrogen) atoms. The molecule has 0 aliphatic rings. The zero-order chi connectivity index (χ0) is 18.5. The van der Waals surface area contributed by atoms with Gasteiger partial charge in [-0.2, -0.15) is 0 Å². The molecule has 1 heterocycles. The Hall–Kier alpha value is -3.08. The van der Waals surface area contributed by atoms with E-state index in [4.69, 9.17) is 4.74 Å². The van der Waals surface area contributed by atoms with Crippen LogP contribution in [0.25, 0.3) is 10.9 Å². The average molecular weight is 350 g/mol. The molecule has 0 unspecified atom stereocenters. The quantitative estimate of drug-likeness (QED) is 0.521. The van der Waals surface area contributed by atoms with Crippen LogP contribution in [-0.4, -0.2) is 34.7 Å². The first-order valence-corrected chi connectivity index (χ1v) is 8.76. The first-order valence-electron chi connectivity index (χ1n) is 8.76. The Morgan fingerprint density at radius 1 is 1.00 bits per heavy atom. The second-order valence-corrected chi connectivity index (χ2v) is 5.96. The molecule has 1 aromatic heterocycles. The minimum Gasteiger partial charge on any atom is -0.488 e. The number of amides is 1. The van der Waals surface area contributed by atoms with Gasteiger partial charge in [0.05, 0.1) is 10.9 Å². The van der Waals surface area contributed by atoms with Crippen molar-refractivity contribution in [3.63, 3.8) is 0 Å². The second kappa shape index (κ2) is 7.87. The maximum atomic E-state index is 12.7. The van der Waals surface area contributed by atoms with Gasteiger partial charge in [0.25, 0.3) is 11.7 Å². The summed E-state index contributed by atoms with van der Waals surface area (Å²) in [6.07, 6.45) is 1.59.